The quantitative estimate of drug-likeness (QED) is 0.811. The Morgan fingerprint density at radius 1 is 1.31 bits per heavy atom. The average Bonchev–Trinajstić information content (AvgIpc) is 2.14. The smallest absolute Gasteiger partial charge is 0.0363 e. The van der Waals surface area contributed by atoms with E-state index in [9.17, 15) is 4.21 Å². The first kappa shape index (κ1) is 14.1. The van der Waals surface area contributed by atoms with Gasteiger partial charge < -0.3 is 10.6 Å². The van der Waals surface area contributed by atoms with Crippen molar-refractivity contribution < 1.29 is 4.21 Å². The van der Waals surface area contributed by atoms with E-state index in [4.69, 9.17) is 5.73 Å². The van der Waals surface area contributed by atoms with Crippen LogP contribution in [0.25, 0.3) is 0 Å². The van der Waals surface area contributed by atoms with Crippen LogP contribution in [0.4, 0.5) is 0 Å². The molecule has 0 spiro atoms. The van der Waals surface area contributed by atoms with Gasteiger partial charge in [-0.3, -0.25) is 4.21 Å². The van der Waals surface area contributed by atoms with Gasteiger partial charge in [0.1, 0.15) is 0 Å². The lowest BCUT2D eigenvalue weighted by Crippen LogP contribution is -2.40. The van der Waals surface area contributed by atoms with Gasteiger partial charge in [-0.25, -0.2) is 0 Å². The zero-order chi connectivity index (χ0) is 12.2. The van der Waals surface area contributed by atoms with Crippen LogP contribution in [0.5, 0.6) is 0 Å². The summed E-state index contributed by atoms with van der Waals surface area (Å²) in [6.07, 6.45) is 2.14. The SMILES string of the molecule is CC(C)(C)CC(N)CCN1CCS(=O)CC1. The van der Waals surface area contributed by atoms with Crippen molar-refractivity contribution in [3.05, 3.63) is 0 Å². The maximum Gasteiger partial charge on any atom is 0.0363 e. The van der Waals surface area contributed by atoms with Crippen molar-refractivity contribution in [1.82, 2.24) is 4.90 Å². The minimum Gasteiger partial charge on any atom is -0.328 e. The van der Waals surface area contributed by atoms with Gasteiger partial charge in [-0.15, -0.1) is 0 Å². The standard InChI is InChI=1S/C12H26N2OS/c1-12(2,3)10-11(13)4-5-14-6-8-16(15)9-7-14/h11H,4-10,13H2,1-3H3. The number of rotatable bonds is 4. The summed E-state index contributed by atoms with van der Waals surface area (Å²) in [6.45, 7) is 9.73. The molecule has 0 saturated carbocycles. The van der Waals surface area contributed by atoms with E-state index < -0.39 is 10.8 Å². The molecule has 0 aromatic heterocycles. The zero-order valence-corrected chi connectivity index (χ0v) is 11.7. The summed E-state index contributed by atoms with van der Waals surface area (Å²) in [7, 11) is -0.564. The van der Waals surface area contributed by atoms with Crippen molar-refractivity contribution in [1.29, 1.82) is 0 Å². The summed E-state index contributed by atoms with van der Waals surface area (Å²) in [5, 5.41) is 0. The van der Waals surface area contributed by atoms with Gasteiger partial charge in [0.2, 0.25) is 0 Å². The molecule has 1 heterocycles. The molecule has 16 heavy (non-hydrogen) atoms. The molecule has 4 heteroatoms. The number of nitrogens with two attached hydrogens (primary N) is 1. The molecular formula is C12H26N2OS. The van der Waals surface area contributed by atoms with Crippen LogP contribution in [-0.2, 0) is 10.8 Å². The van der Waals surface area contributed by atoms with E-state index in [1.54, 1.807) is 0 Å². The van der Waals surface area contributed by atoms with Crippen molar-refractivity contribution in [2.75, 3.05) is 31.1 Å². The third-order valence-corrected chi connectivity index (χ3v) is 4.24. The number of hydrogen-bond donors (Lipinski definition) is 1. The Labute approximate surface area is 102 Å². The molecule has 1 rings (SSSR count). The lowest BCUT2D eigenvalue weighted by Gasteiger charge is -2.29. The molecule has 3 nitrogen and oxygen atoms in total. The third kappa shape index (κ3) is 5.97. The monoisotopic (exact) mass is 246 g/mol. The first-order chi connectivity index (χ1) is 7.37. The molecular weight excluding hydrogens is 220 g/mol. The normalized spacial score (nSPS) is 22.2. The maximum absolute atomic E-state index is 11.2. The Hall–Kier alpha value is 0.0700. The maximum atomic E-state index is 11.2. The first-order valence-electron chi connectivity index (χ1n) is 6.20. The van der Waals surface area contributed by atoms with Crippen LogP contribution < -0.4 is 5.73 Å². The van der Waals surface area contributed by atoms with Crippen molar-refractivity contribution >= 4 is 10.8 Å². The van der Waals surface area contributed by atoms with E-state index in [0.29, 0.717) is 11.5 Å². The summed E-state index contributed by atoms with van der Waals surface area (Å²) < 4.78 is 11.2. The first-order valence-corrected chi connectivity index (χ1v) is 7.68. The van der Waals surface area contributed by atoms with E-state index in [0.717, 1.165) is 44.0 Å². The molecule has 0 amide bonds. The van der Waals surface area contributed by atoms with Crippen LogP contribution in [0.1, 0.15) is 33.6 Å². The van der Waals surface area contributed by atoms with E-state index in [-0.39, 0.29) is 0 Å². The second kappa shape index (κ2) is 6.12. The summed E-state index contributed by atoms with van der Waals surface area (Å²) in [5.41, 5.74) is 6.44. The number of hydrogen-bond acceptors (Lipinski definition) is 3. The fraction of sp³-hybridized carbons (Fsp3) is 1.00. The molecule has 0 aliphatic carbocycles. The van der Waals surface area contributed by atoms with E-state index in [1.165, 1.54) is 0 Å². The fourth-order valence-corrected chi connectivity index (χ4v) is 3.26. The molecule has 1 aliphatic rings. The van der Waals surface area contributed by atoms with Gasteiger partial charge in [0, 0.05) is 41.4 Å². The van der Waals surface area contributed by atoms with Crippen LogP contribution in [0.2, 0.25) is 0 Å². The molecule has 2 N–H and O–H groups in total. The van der Waals surface area contributed by atoms with Gasteiger partial charge in [0.05, 0.1) is 0 Å². The molecule has 1 fully saturated rings. The Kier molecular flexibility index (Phi) is 5.41. The Bertz CT molecular complexity index is 228. The topological polar surface area (TPSA) is 46.3 Å². The van der Waals surface area contributed by atoms with Gasteiger partial charge in [-0.1, -0.05) is 20.8 Å². The molecule has 1 saturated heterocycles. The fourth-order valence-electron chi connectivity index (χ4n) is 2.14. The predicted molar refractivity (Wildman–Crippen MR) is 71.0 cm³/mol. The lowest BCUT2D eigenvalue weighted by atomic mass is 9.87. The van der Waals surface area contributed by atoms with Gasteiger partial charge in [-0.05, 0) is 24.8 Å². The minimum absolute atomic E-state index is 0.299. The summed E-state index contributed by atoms with van der Waals surface area (Å²) in [4.78, 5) is 2.39. The second-order valence-electron chi connectivity index (χ2n) is 6.00. The highest BCUT2D eigenvalue weighted by Gasteiger charge is 2.18. The van der Waals surface area contributed by atoms with Crippen LogP contribution >= 0.6 is 0 Å². The minimum atomic E-state index is -0.564. The molecule has 0 bridgehead atoms. The highest BCUT2D eigenvalue weighted by Crippen LogP contribution is 2.21. The molecule has 0 aromatic rings. The van der Waals surface area contributed by atoms with Crippen molar-refractivity contribution in [2.45, 2.75) is 39.7 Å². The highest BCUT2D eigenvalue weighted by atomic mass is 32.2. The third-order valence-electron chi connectivity index (χ3n) is 2.96. The summed E-state index contributed by atoms with van der Waals surface area (Å²) in [6, 6.07) is 0.299. The lowest BCUT2D eigenvalue weighted by molar-refractivity contribution is 0.263. The number of nitrogens with zero attached hydrogens (tertiary/aromatic N) is 1. The van der Waals surface area contributed by atoms with Gasteiger partial charge in [-0.2, -0.15) is 0 Å². The molecule has 1 unspecified atom stereocenters. The van der Waals surface area contributed by atoms with Crippen LogP contribution in [-0.4, -0.2) is 46.3 Å². The highest BCUT2D eigenvalue weighted by molar-refractivity contribution is 7.85. The average molecular weight is 246 g/mol. The Morgan fingerprint density at radius 3 is 2.38 bits per heavy atom. The van der Waals surface area contributed by atoms with E-state index >= 15 is 0 Å². The van der Waals surface area contributed by atoms with Gasteiger partial charge >= 0.3 is 0 Å². The largest absolute Gasteiger partial charge is 0.328 e. The summed E-state index contributed by atoms with van der Waals surface area (Å²) in [5.74, 6) is 1.68. The van der Waals surface area contributed by atoms with Crippen LogP contribution in [0.3, 0.4) is 0 Å². The summed E-state index contributed by atoms with van der Waals surface area (Å²) >= 11 is 0. The van der Waals surface area contributed by atoms with E-state index in [2.05, 4.69) is 25.7 Å². The molecule has 1 atom stereocenters. The van der Waals surface area contributed by atoms with Gasteiger partial charge in [0.15, 0.2) is 0 Å². The van der Waals surface area contributed by atoms with Crippen molar-refractivity contribution in [3.63, 3.8) is 0 Å². The van der Waals surface area contributed by atoms with Crippen molar-refractivity contribution in [3.8, 4) is 0 Å². The van der Waals surface area contributed by atoms with Gasteiger partial charge in [0.25, 0.3) is 0 Å². The van der Waals surface area contributed by atoms with Crippen molar-refractivity contribution in [2.24, 2.45) is 11.1 Å². The molecule has 96 valence electrons. The predicted octanol–water partition coefficient (Wildman–Crippen LogP) is 1.20. The Morgan fingerprint density at radius 2 is 1.88 bits per heavy atom. The molecule has 0 aromatic carbocycles. The Balaban J connectivity index is 2.17. The molecule has 0 radical (unpaired) electrons. The second-order valence-corrected chi connectivity index (χ2v) is 7.70. The molecule has 1 aliphatic heterocycles. The van der Waals surface area contributed by atoms with E-state index in [1.807, 2.05) is 0 Å². The zero-order valence-electron chi connectivity index (χ0n) is 10.9. The van der Waals surface area contributed by atoms with Crippen LogP contribution in [0, 0.1) is 5.41 Å². The van der Waals surface area contributed by atoms with Crippen LogP contribution in [0.15, 0.2) is 0 Å².